The van der Waals surface area contributed by atoms with E-state index >= 15 is 0 Å². The molecule has 4 rings (SSSR count). The fourth-order valence-electron chi connectivity index (χ4n) is 3.61. The molecule has 5 nitrogen and oxygen atoms in total. The fourth-order valence-corrected chi connectivity index (χ4v) is 4.67. The van der Waals surface area contributed by atoms with Gasteiger partial charge in [-0.15, -0.1) is 0 Å². The first-order valence-electron chi connectivity index (χ1n) is 10.7. The summed E-state index contributed by atoms with van der Waals surface area (Å²) in [4.78, 5) is 24.3. The predicted molar refractivity (Wildman–Crippen MR) is 131 cm³/mol. The van der Waals surface area contributed by atoms with Crippen LogP contribution in [0.3, 0.4) is 0 Å². The highest BCUT2D eigenvalue weighted by Gasteiger charge is 2.22. The zero-order chi connectivity index (χ0) is 22.7. The van der Waals surface area contributed by atoms with Gasteiger partial charge in [0.2, 0.25) is 5.91 Å². The van der Waals surface area contributed by atoms with Crippen LogP contribution in [0.4, 0.5) is 5.13 Å². The minimum atomic E-state index is 0.00169. The molecule has 6 heteroatoms. The van der Waals surface area contributed by atoms with Crippen LogP contribution in [0.1, 0.15) is 42.0 Å². The van der Waals surface area contributed by atoms with Gasteiger partial charge in [-0.25, -0.2) is 4.98 Å². The molecule has 0 atom stereocenters. The van der Waals surface area contributed by atoms with Crippen LogP contribution >= 0.6 is 11.3 Å². The molecule has 0 saturated heterocycles. The number of thiazole rings is 1. The van der Waals surface area contributed by atoms with Gasteiger partial charge in [-0.3, -0.25) is 14.7 Å². The number of anilines is 1. The number of pyridine rings is 1. The van der Waals surface area contributed by atoms with Crippen LogP contribution in [0.2, 0.25) is 0 Å². The molecule has 1 amide bonds. The van der Waals surface area contributed by atoms with Crippen LogP contribution in [-0.2, 0) is 17.8 Å². The lowest BCUT2D eigenvalue weighted by atomic mass is 10.0. The number of nitrogens with zero attached hydrogens (tertiary/aromatic N) is 3. The summed E-state index contributed by atoms with van der Waals surface area (Å²) in [6.07, 6.45) is 3.83. The lowest BCUT2D eigenvalue weighted by molar-refractivity contribution is -0.118. The fraction of sp³-hybridized carbons (Fsp3) is 0.269. The van der Waals surface area contributed by atoms with E-state index < -0.39 is 0 Å². The van der Waals surface area contributed by atoms with Crippen LogP contribution in [0.25, 0.3) is 10.2 Å². The number of ether oxygens (including phenoxy) is 1. The smallest absolute Gasteiger partial charge is 0.233 e. The SMILES string of the molecule is COc1ccc(C)c2sc(N(Cc3cccnc3)C(=O)Cc3ccc(C(C)C)cc3)nc12. The molecule has 0 unspecified atom stereocenters. The Morgan fingerprint density at radius 1 is 1.09 bits per heavy atom. The van der Waals surface area contributed by atoms with Crippen molar-refractivity contribution in [1.82, 2.24) is 9.97 Å². The number of hydrogen-bond donors (Lipinski definition) is 0. The number of aromatic nitrogens is 2. The highest BCUT2D eigenvalue weighted by molar-refractivity contribution is 7.22. The summed E-state index contributed by atoms with van der Waals surface area (Å²) in [7, 11) is 1.64. The van der Waals surface area contributed by atoms with Crippen LogP contribution < -0.4 is 9.64 Å². The maximum atomic E-state index is 13.5. The second-order valence-electron chi connectivity index (χ2n) is 8.17. The lowest BCUT2D eigenvalue weighted by Gasteiger charge is -2.20. The van der Waals surface area contributed by atoms with Gasteiger partial charge in [-0.2, -0.15) is 0 Å². The number of rotatable bonds is 7. The largest absolute Gasteiger partial charge is 0.494 e. The van der Waals surface area contributed by atoms with Crippen molar-refractivity contribution in [2.75, 3.05) is 12.0 Å². The first kappa shape index (κ1) is 22.0. The van der Waals surface area contributed by atoms with Gasteiger partial charge in [0.25, 0.3) is 0 Å². The monoisotopic (exact) mass is 445 g/mol. The van der Waals surface area contributed by atoms with Crippen molar-refractivity contribution in [3.8, 4) is 5.75 Å². The molecule has 32 heavy (non-hydrogen) atoms. The summed E-state index contributed by atoms with van der Waals surface area (Å²) in [5.74, 6) is 1.18. The molecule has 0 N–H and O–H groups in total. The minimum absolute atomic E-state index is 0.00169. The molecule has 2 aromatic heterocycles. The maximum absolute atomic E-state index is 13.5. The second-order valence-corrected chi connectivity index (χ2v) is 9.15. The first-order valence-corrected chi connectivity index (χ1v) is 11.5. The summed E-state index contributed by atoms with van der Waals surface area (Å²) in [5, 5.41) is 0.667. The van der Waals surface area contributed by atoms with Gasteiger partial charge in [0.15, 0.2) is 5.13 Å². The molecular formula is C26H27N3O2S. The Balaban J connectivity index is 1.69. The second kappa shape index (κ2) is 9.49. The Hall–Kier alpha value is -3.25. The summed E-state index contributed by atoms with van der Waals surface area (Å²) in [6, 6.07) is 16.1. The third kappa shape index (κ3) is 4.65. The van der Waals surface area contributed by atoms with E-state index in [0.29, 0.717) is 29.8 Å². The van der Waals surface area contributed by atoms with Gasteiger partial charge >= 0.3 is 0 Å². The predicted octanol–water partition coefficient (Wildman–Crippen LogP) is 5.91. The molecule has 0 spiro atoms. The van der Waals surface area contributed by atoms with Crippen molar-refractivity contribution in [2.45, 2.75) is 39.7 Å². The molecule has 164 valence electrons. The molecule has 0 aliphatic heterocycles. The molecule has 2 heterocycles. The number of aryl methyl sites for hydroxylation is 1. The molecule has 2 aromatic carbocycles. The zero-order valence-electron chi connectivity index (χ0n) is 18.8. The Kier molecular flexibility index (Phi) is 6.51. The molecule has 0 bridgehead atoms. The summed E-state index contributed by atoms with van der Waals surface area (Å²) < 4.78 is 6.54. The Morgan fingerprint density at radius 3 is 2.53 bits per heavy atom. The van der Waals surface area contributed by atoms with Crippen LogP contribution in [0, 0.1) is 6.92 Å². The maximum Gasteiger partial charge on any atom is 0.233 e. The van der Waals surface area contributed by atoms with Gasteiger partial charge in [-0.1, -0.05) is 61.6 Å². The molecule has 0 radical (unpaired) electrons. The Labute approximate surface area is 192 Å². The summed E-state index contributed by atoms with van der Waals surface area (Å²) in [5.41, 5.74) is 5.12. The quantitative estimate of drug-likeness (QED) is 0.355. The van der Waals surface area contributed by atoms with Gasteiger partial charge in [0, 0.05) is 12.4 Å². The number of fused-ring (bicyclic) bond motifs is 1. The average molecular weight is 446 g/mol. The third-order valence-electron chi connectivity index (χ3n) is 5.51. The highest BCUT2D eigenvalue weighted by atomic mass is 32.1. The number of methoxy groups -OCH3 is 1. The van der Waals surface area contributed by atoms with E-state index in [0.717, 1.165) is 26.9 Å². The standard InChI is InChI=1S/C26H27N3O2S/c1-17(2)21-10-8-19(9-11-21)14-23(30)29(16-20-6-5-13-27-15-20)26-28-24-22(31-4)12-7-18(3)25(24)32-26/h5-13,15,17H,14,16H2,1-4H3. The first-order chi connectivity index (χ1) is 15.5. The molecule has 0 aliphatic carbocycles. The Bertz CT molecular complexity index is 1220. The number of carbonyl (C=O) groups is 1. The topological polar surface area (TPSA) is 55.3 Å². The molecule has 0 fully saturated rings. The Morgan fingerprint density at radius 2 is 1.88 bits per heavy atom. The number of benzene rings is 2. The van der Waals surface area contributed by atoms with E-state index in [4.69, 9.17) is 9.72 Å². The van der Waals surface area contributed by atoms with Crippen LogP contribution in [0.5, 0.6) is 5.75 Å². The lowest BCUT2D eigenvalue weighted by Crippen LogP contribution is -2.31. The van der Waals surface area contributed by atoms with Crippen molar-refractivity contribution in [3.05, 3.63) is 83.2 Å². The summed E-state index contributed by atoms with van der Waals surface area (Å²) in [6.45, 7) is 6.80. The number of carbonyl (C=O) groups excluding carboxylic acids is 1. The van der Waals surface area contributed by atoms with E-state index in [1.807, 2.05) is 43.3 Å². The van der Waals surface area contributed by atoms with Gasteiger partial charge < -0.3 is 4.74 Å². The molecular weight excluding hydrogens is 418 g/mol. The van der Waals surface area contributed by atoms with Crippen molar-refractivity contribution in [1.29, 1.82) is 0 Å². The molecule has 0 aliphatic rings. The van der Waals surface area contributed by atoms with E-state index in [1.165, 1.54) is 16.9 Å². The summed E-state index contributed by atoms with van der Waals surface area (Å²) >= 11 is 1.52. The van der Waals surface area contributed by atoms with E-state index in [9.17, 15) is 4.79 Å². The van der Waals surface area contributed by atoms with Crippen molar-refractivity contribution in [3.63, 3.8) is 0 Å². The van der Waals surface area contributed by atoms with Crippen LogP contribution in [0.15, 0.2) is 60.9 Å². The van der Waals surface area contributed by atoms with E-state index in [-0.39, 0.29) is 5.91 Å². The highest BCUT2D eigenvalue weighted by Crippen LogP contribution is 2.37. The molecule has 4 aromatic rings. The number of amides is 1. The third-order valence-corrected chi connectivity index (χ3v) is 6.72. The van der Waals surface area contributed by atoms with Crippen molar-refractivity contribution in [2.24, 2.45) is 0 Å². The van der Waals surface area contributed by atoms with Gasteiger partial charge in [-0.05, 0) is 47.2 Å². The normalized spacial score (nSPS) is 11.2. The van der Waals surface area contributed by atoms with Crippen molar-refractivity contribution >= 4 is 32.6 Å². The average Bonchev–Trinajstić information content (AvgIpc) is 3.25. The van der Waals surface area contributed by atoms with Gasteiger partial charge in [0.05, 0.1) is 24.8 Å². The molecule has 0 saturated carbocycles. The number of hydrogen-bond acceptors (Lipinski definition) is 5. The van der Waals surface area contributed by atoms with E-state index in [2.05, 4.69) is 31.0 Å². The zero-order valence-corrected chi connectivity index (χ0v) is 19.6. The van der Waals surface area contributed by atoms with E-state index in [1.54, 1.807) is 24.4 Å². The van der Waals surface area contributed by atoms with Crippen LogP contribution in [-0.4, -0.2) is 23.0 Å². The minimum Gasteiger partial charge on any atom is -0.494 e. The van der Waals surface area contributed by atoms with Crippen molar-refractivity contribution < 1.29 is 9.53 Å². The van der Waals surface area contributed by atoms with Gasteiger partial charge in [0.1, 0.15) is 11.3 Å².